The largest absolute Gasteiger partial charge is 0.352 e. The van der Waals surface area contributed by atoms with Crippen molar-refractivity contribution in [2.45, 2.75) is 33.2 Å². The van der Waals surface area contributed by atoms with E-state index in [1.165, 1.54) is 17.6 Å². The third-order valence-corrected chi connectivity index (χ3v) is 3.28. The van der Waals surface area contributed by atoms with Crippen molar-refractivity contribution in [3.63, 3.8) is 0 Å². The van der Waals surface area contributed by atoms with Crippen molar-refractivity contribution in [1.29, 1.82) is 0 Å². The Bertz CT molecular complexity index is 541. The van der Waals surface area contributed by atoms with Crippen molar-refractivity contribution in [1.82, 2.24) is 14.3 Å². The van der Waals surface area contributed by atoms with Gasteiger partial charge in [0, 0.05) is 24.2 Å². The first-order valence-corrected chi connectivity index (χ1v) is 7.03. The van der Waals surface area contributed by atoms with Crippen molar-refractivity contribution >= 4 is 16.7 Å². The summed E-state index contributed by atoms with van der Waals surface area (Å²) in [7, 11) is 0. The second-order valence-corrected chi connectivity index (χ2v) is 5.60. The molecule has 0 radical (unpaired) electrons. The van der Waals surface area contributed by atoms with Gasteiger partial charge in [-0.3, -0.25) is 4.98 Å². The van der Waals surface area contributed by atoms with Gasteiger partial charge < -0.3 is 5.32 Å². The zero-order valence-electron chi connectivity index (χ0n) is 11.2. The van der Waals surface area contributed by atoms with E-state index < -0.39 is 0 Å². The van der Waals surface area contributed by atoms with Gasteiger partial charge >= 0.3 is 0 Å². The van der Waals surface area contributed by atoms with Crippen LogP contribution in [-0.4, -0.2) is 14.3 Å². The maximum Gasteiger partial charge on any atom is 0.203 e. The molecule has 0 bridgehead atoms. The lowest BCUT2D eigenvalue weighted by Gasteiger charge is -2.12. The van der Waals surface area contributed by atoms with E-state index in [1.807, 2.05) is 6.92 Å². The molecular weight excluding hydrogens is 263 g/mol. The summed E-state index contributed by atoms with van der Waals surface area (Å²) >= 11 is 1.30. The van der Waals surface area contributed by atoms with Crippen LogP contribution in [0.4, 0.5) is 9.52 Å². The summed E-state index contributed by atoms with van der Waals surface area (Å²) in [5.74, 6) is 1.04. The molecule has 0 aliphatic carbocycles. The SMILES string of the molecule is CC(C)Cc1nsc(N[C@H](C)c2ncccc2F)n1. The average Bonchev–Trinajstić information content (AvgIpc) is 2.76. The van der Waals surface area contributed by atoms with Crippen LogP contribution >= 0.6 is 11.5 Å². The number of nitrogens with zero attached hydrogens (tertiary/aromatic N) is 3. The van der Waals surface area contributed by atoms with Crippen LogP contribution in [-0.2, 0) is 6.42 Å². The second-order valence-electron chi connectivity index (χ2n) is 4.85. The van der Waals surface area contributed by atoms with E-state index >= 15 is 0 Å². The number of anilines is 1. The third-order valence-electron chi connectivity index (χ3n) is 2.60. The molecule has 0 saturated heterocycles. The molecule has 4 nitrogen and oxygen atoms in total. The predicted octanol–water partition coefficient (Wildman–Crippen LogP) is 3.44. The van der Waals surface area contributed by atoms with Crippen molar-refractivity contribution in [2.75, 3.05) is 5.32 Å². The van der Waals surface area contributed by atoms with Crippen LogP contribution in [0.5, 0.6) is 0 Å². The van der Waals surface area contributed by atoms with Gasteiger partial charge in [0.2, 0.25) is 5.13 Å². The van der Waals surface area contributed by atoms with Gasteiger partial charge in [0.1, 0.15) is 11.6 Å². The fourth-order valence-electron chi connectivity index (χ4n) is 1.73. The molecular formula is C13H17FN4S. The van der Waals surface area contributed by atoms with Gasteiger partial charge in [0.05, 0.1) is 11.7 Å². The Kier molecular flexibility index (Phi) is 4.42. The van der Waals surface area contributed by atoms with Crippen molar-refractivity contribution in [2.24, 2.45) is 5.92 Å². The van der Waals surface area contributed by atoms with E-state index in [1.54, 1.807) is 12.3 Å². The molecule has 1 atom stereocenters. The molecule has 0 fully saturated rings. The molecule has 2 aromatic heterocycles. The summed E-state index contributed by atoms with van der Waals surface area (Å²) in [6.07, 6.45) is 2.44. The molecule has 0 amide bonds. The fraction of sp³-hybridized carbons (Fsp3) is 0.462. The zero-order chi connectivity index (χ0) is 13.8. The number of pyridine rings is 1. The first-order valence-electron chi connectivity index (χ1n) is 6.25. The highest BCUT2D eigenvalue weighted by Gasteiger charge is 2.14. The average molecular weight is 280 g/mol. The first-order chi connectivity index (χ1) is 9.06. The van der Waals surface area contributed by atoms with Crippen LogP contribution in [0, 0.1) is 11.7 Å². The van der Waals surface area contributed by atoms with Crippen LogP contribution in [0.3, 0.4) is 0 Å². The van der Waals surface area contributed by atoms with Crippen molar-refractivity contribution in [3.05, 3.63) is 35.7 Å². The van der Waals surface area contributed by atoms with Crippen LogP contribution in [0.2, 0.25) is 0 Å². The summed E-state index contributed by atoms with van der Waals surface area (Å²) in [5, 5.41) is 3.84. The lowest BCUT2D eigenvalue weighted by atomic mass is 10.1. The van der Waals surface area contributed by atoms with Crippen LogP contribution in [0.1, 0.15) is 38.3 Å². The lowest BCUT2D eigenvalue weighted by Crippen LogP contribution is -2.10. The Morgan fingerprint density at radius 3 is 2.84 bits per heavy atom. The molecule has 0 aliphatic rings. The number of halogens is 1. The maximum absolute atomic E-state index is 13.6. The molecule has 0 aromatic carbocycles. The van der Waals surface area contributed by atoms with E-state index in [9.17, 15) is 4.39 Å². The van der Waals surface area contributed by atoms with E-state index in [4.69, 9.17) is 0 Å². The molecule has 2 aromatic rings. The first kappa shape index (κ1) is 13.9. The highest BCUT2D eigenvalue weighted by atomic mass is 32.1. The molecule has 19 heavy (non-hydrogen) atoms. The van der Waals surface area contributed by atoms with Crippen LogP contribution in [0.25, 0.3) is 0 Å². The molecule has 2 heterocycles. The number of rotatable bonds is 5. The summed E-state index contributed by atoms with van der Waals surface area (Å²) in [4.78, 5) is 8.44. The van der Waals surface area contributed by atoms with Gasteiger partial charge in [-0.05, 0) is 25.0 Å². The Morgan fingerprint density at radius 1 is 1.37 bits per heavy atom. The summed E-state index contributed by atoms with van der Waals surface area (Å²) in [5.41, 5.74) is 0.392. The second kappa shape index (κ2) is 6.06. The zero-order valence-corrected chi connectivity index (χ0v) is 12.0. The maximum atomic E-state index is 13.6. The van der Waals surface area contributed by atoms with Gasteiger partial charge in [-0.25, -0.2) is 9.37 Å². The minimum absolute atomic E-state index is 0.235. The van der Waals surface area contributed by atoms with Crippen LogP contribution < -0.4 is 5.32 Å². The minimum atomic E-state index is -0.311. The summed E-state index contributed by atoms with van der Waals surface area (Å²) in [6.45, 7) is 6.11. The molecule has 0 spiro atoms. The van der Waals surface area contributed by atoms with Gasteiger partial charge in [0.25, 0.3) is 0 Å². The highest BCUT2D eigenvalue weighted by Crippen LogP contribution is 2.21. The smallest absolute Gasteiger partial charge is 0.203 e. The summed E-state index contributed by atoms with van der Waals surface area (Å²) < 4.78 is 17.9. The molecule has 6 heteroatoms. The Hall–Kier alpha value is -1.56. The fourth-order valence-corrected chi connectivity index (χ4v) is 2.41. The molecule has 2 rings (SSSR count). The summed E-state index contributed by atoms with van der Waals surface area (Å²) in [6, 6.07) is 2.75. The minimum Gasteiger partial charge on any atom is -0.352 e. The van der Waals surface area contributed by atoms with Gasteiger partial charge in [-0.2, -0.15) is 4.37 Å². The van der Waals surface area contributed by atoms with Crippen molar-refractivity contribution < 1.29 is 4.39 Å². The lowest BCUT2D eigenvalue weighted by molar-refractivity contribution is 0.587. The number of hydrogen-bond acceptors (Lipinski definition) is 5. The normalized spacial score (nSPS) is 12.7. The topological polar surface area (TPSA) is 50.7 Å². The molecule has 102 valence electrons. The van der Waals surface area contributed by atoms with Crippen LogP contribution in [0.15, 0.2) is 18.3 Å². The Balaban J connectivity index is 2.05. The van der Waals surface area contributed by atoms with Gasteiger partial charge in [-0.15, -0.1) is 0 Å². The number of aromatic nitrogens is 3. The Morgan fingerprint density at radius 2 is 2.16 bits per heavy atom. The molecule has 0 aliphatic heterocycles. The number of hydrogen-bond donors (Lipinski definition) is 1. The Labute approximate surface area is 116 Å². The molecule has 1 N–H and O–H groups in total. The quantitative estimate of drug-likeness (QED) is 0.911. The third kappa shape index (κ3) is 3.70. The highest BCUT2D eigenvalue weighted by molar-refractivity contribution is 7.09. The predicted molar refractivity (Wildman–Crippen MR) is 74.7 cm³/mol. The van der Waals surface area contributed by atoms with E-state index in [2.05, 4.69) is 33.5 Å². The van der Waals surface area contributed by atoms with E-state index in [0.717, 1.165) is 12.2 Å². The standard InChI is InChI=1S/C13H17FN4S/c1-8(2)7-11-17-13(19-18-11)16-9(3)12-10(14)5-4-6-15-12/h4-6,8-9H,7H2,1-3H3,(H,16,17,18)/t9-/m1/s1. The molecule has 0 unspecified atom stereocenters. The number of nitrogens with one attached hydrogen (secondary N) is 1. The monoisotopic (exact) mass is 280 g/mol. The van der Waals surface area contributed by atoms with Gasteiger partial charge in [0.15, 0.2) is 0 Å². The van der Waals surface area contributed by atoms with Gasteiger partial charge in [-0.1, -0.05) is 13.8 Å². The van der Waals surface area contributed by atoms with Crippen molar-refractivity contribution in [3.8, 4) is 0 Å². The van der Waals surface area contributed by atoms with E-state index in [0.29, 0.717) is 16.7 Å². The molecule has 0 saturated carbocycles. The van der Waals surface area contributed by atoms with E-state index in [-0.39, 0.29) is 11.9 Å².